The molecule has 1 aliphatic heterocycles. The van der Waals surface area contributed by atoms with Crippen molar-refractivity contribution in [2.75, 3.05) is 29.0 Å². The fourth-order valence-electron chi connectivity index (χ4n) is 2.77. The highest BCUT2D eigenvalue weighted by Crippen LogP contribution is 2.26. The van der Waals surface area contributed by atoms with E-state index in [1.165, 1.54) is 25.7 Å². The van der Waals surface area contributed by atoms with Crippen LogP contribution in [-0.4, -0.2) is 29.1 Å². The summed E-state index contributed by atoms with van der Waals surface area (Å²) in [5.41, 5.74) is 5.83. The van der Waals surface area contributed by atoms with E-state index in [9.17, 15) is 0 Å². The van der Waals surface area contributed by atoms with Gasteiger partial charge in [0, 0.05) is 25.2 Å². The maximum Gasteiger partial charge on any atom is 0.223 e. The summed E-state index contributed by atoms with van der Waals surface area (Å²) in [4.78, 5) is 11.1. The van der Waals surface area contributed by atoms with Crippen LogP contribution in [0.25, 0.3) is 0 Å². The van der Waals surface area contributed by atoms with E-state index in [1.54, 1.807) is 0 Å². The fraction of sp³-hybridized carbons (Fsp3) is 0.714. The number of rotatable bonds is 4. The van der Waals surface area contributed by atoms with Crippen molar-refractivity contribution in [2.45, 2.75) is 52.0 Å². The predicted octanol–water partition coefficient (Wildman–Crippen LogP) is 2.65. The first kappa shape index (κ1) is 13.9. The molecule has 5 heteroatoms. The normalized spacial score (nSPS) is 20.1. The van der Waals surface area contributed by atoms with Crippen LogP contribution < -0.4 is 16.0 Å². The Morgan fingerprint density at radius 2 is 2.16 bits per heavy atom. The maximum atomic E-state index is 5.83. The topological polar surface area (TPSA) is 67.1 Å². The molecule has 1 aromatic heterocycles. The van der Waals surface area contributed by atoms with E-state index < -0.39 is 0 Å². The number of hydrogen-bond acceptors (Lipinski definition) is 5. The molecule has 3 N–H and O–H groups in total. The maximum absolute atomic E-state index is 5.83. The molecule has 19 heavy (non-hydrogen) atoms. The molecule has 1 fully saturated rings. The highest BCUT2D eigenvalue weighted by molar-refractivity contribution is 5.53. The van der Waals surface area contributed by atoms with Gasteiger partial charge in [0.25, 0.3) is 0 Å². The SMILES string of the molecule is CCNc1cc(N2CCCCCC2CC)nc(N)n1. The van der Waals surface area contributed by atoms with Crippen LogP contribution in [0.2, 0.25) is 0 Å². The third-order valence-electron chi connectivity index (χ3n) is 3.73. The molecular formula is C14H25N5. The molecule has 1 aromatic rings. The van der Waals surface area contributed by atoms with Gasteiger partial charge in [0.1, 0.15) is 11.6 Å². The number of aromatic nitrogens is 2. The molecule has 1 aliphatic rings. The molecule has 2 heterocycles. The summed E-state index contributed by atoms with van der Waals surface area (Å²) in [5, 5.41) is 3.22. The van der Waals surface area contributed by atoms with E-state index in [2.05, 4.69) is 34.0 Å². The van der Waals surface area contributed by atoms with Gasteiger partial charge < -0.3 is 16.0 Å². The molecule has 2 rings (SSSR count). The van der Waals surface area contributed by atoms with Gasteiger partial charge in [-0.05, 0) is 26.2 Å². The van der Waals surface area contributed by atoms with Crippen LogP contribution in [0.4, 0.5) is 17.6 Å². The fourth-order valence-corrected chi connectivity index (χ4v) is 2.77. The minimum atomic E-state index is 0.354. The van der Waals surface area contributed by atoms with E-state index >= 15 is 0 Å². The Balaban J connectivity index is 2.26. The van der Waals surface area contributed by atoms with E-state index in [0.29, 0.717) is 12.0 Å². The van der Waals surface area contributed by atoms with Gasteiger partial charge in [0.15, 0.2) is 0 Å². The Morgan fingerprint density at radius 1 is 1.32 bits per heavy atom. The van der Waals surface area contributed by atoms with Gasteiger partial charge in [0.05, 0.1) is 0 Å². The van der Waals surface area contributed by atoms with Crippen molar-refractivity contribution in [3.8, 4) is 0 Å². The first-order valence-corrected chi connectivity index (χ1v) is 7.39. The van der Waals surface area contributed by atoms with Crippen molar-refractivity contribution in [3.05, 3.63) is 6.07 Å². The van der Waals surface area contributed by atoms with Gasteiger partial charge in [-0.25, -0.2) is 0 Å². The zero-order chi connectivity index (χ0) is 13.7. The molecule has 1 unspecified atom stereocenters. The van der Waals surface area contributed by atoms with E-state index in [0.717, 1.165) is 31.1 Å². The second-order valence-corrected chi connectivity index (χ2v) is 5.10. The summed E-state index contributed by atoms with van der Waals surface area (Å²) in [5.74, 6) is 2.15. The van der Waals surface area contributed by atoms with Crippen LogP contribution >= 0.6 is 0 Å². The summed E-state index contributed by atoms with van der Waals surface area (Å²) in [6, 6.07) is 2.60. The Kier molecular flexibility index (Phi) is 4.82. The minimum Gasteiger partial charge on any atom is -0.370 e. The number of hydrogen-bond donors (Lipinski definition) is 2. The van der Waals surface area contributed by atoms with Gasteiger partial charge in [-0.2, -0.15) is 9.97 Å². The molecule has 0 spiro atoms. The van der Waals surface area contributed by atoms with Crippen LogP contribution in [0.1, 0.15) is 46.0 Å². The van der Waals surface area contributed by atoms with Crippen molar-refractivity contribution in [3.63, 3.8) is 0 Å². The van der Waals surface area contributed by atoms with Gasteiger partial charge in [-0.3, -0.25) is 0 Å². The molecule has 0 amide bonds. The lowest BCUT2D eigenvalue weighted by Gasteiger charge is -2.30. The molecular weight excluding hydrogens is 238 g/mol. The lowest BCUT2D eigenvalue weighted by molar-refractivity contribution is 0.552. The average molecular weight is 263 g/mol. The second-order valence-electron chi connectivity index (χ2n) is 5.10. The quantitative estimate of drug-likeness (QED) is 0.874. The average Bonchev–Trinajstić information content (AvgIpc) is 2.63. The van der Waals surface area contributed by atoms with Crippen molar-refractivity contribution in [2.24, 2.45) is 0 Å². The number of anilines is 3. The van der Waals surface area contributed by atoms with E-state index in [4.69, 9.17) is 5.73 Å². The van der Waals surface area contributed by atoms with Crippen LogP contribution in [0.5, 0.6) is 0 Å². The first-order chi connectivity index (χ1) is 9.24. The van der Waals surface area contributed by atoms with Crippen LogP contribution in [0, 0.1) is 0 Å². The summed E-state index contributed by atoms with van der Waals surface area (Å²) in [6.45, 7) is 6.21. The van der Waals surface area contributed by atoms with Gasteiger partial charge >= 0.3 is 0 Å². The summed E-state index contributed by atoms with van der Waals surface area (Å²) < 4.78 is 0. The van der Waals surface area contributed by atoms with E-state index in [-0.39, 0.29) is 0 Å². The first-order valence-electron chi connectivity index (χ1n) is 7.39. The molecule has 0 radical (unpaired) electrons. The second kappa shape index (κ2) is 6.59. The minimum absolute atomic E-state index is 0.354. The number of nitrogens with zero attached hydrogens (tertiary/aromatic N) is 3. The van der Waals surface area contributed by atoms with Crippen molar-refractivity contribution < 1.29 is 0 Å². The molecule has 0 saturated carbocycles. The van der Waals surface area contributed by atoms with Crippen molar-refractivity contribution in [1.29, 1.82) is 0 Å². The monoisotopic (exact) mass is 263 g/mol. The molecule has 106 valence electrons. The van der Waals surface area contributed by atoms with Crippen molar-refractivity contribution >= 4 is 17.6 Å². The number of nitrogens with two attached hydrogens (primary N) is 1. The van der Waals surface area contributed by atoms with Crippen molar-refractivity contribution in [1.82, 2.24) is 9.97 Å². The highest BCUT2D eigenvalue weighted by atomic mass is 15.2. The van der Waals surface area contributed by atoms with Gasteiger partial charge in [-0.1, -0.05) is 19.8 Å². The predicted molar refractivity (Wildman–Crippen MR) is 80.5 cm³/mol. The van der Waals surface area contributed by atoms with Crippen LogP contribution in [-0.2, 0) is 0 Å². The lowest BCUT2D eigenvalue weighted by atomic mass is 10.1. The summed E-state index contributed by atoms with van der Waals surface area (Å²) >= 11 is 0. The molecule has 0 aliphatic carbocycles. The molecule has 1 atom stereocenters. The largest absolute Gasteiger partial charge is 0.370 e. The standard InChI is InChI=1S/C14H25N5/c1-3-11-8-6-5-7-9-19(11)13-10-12(16-4-2)17-14(15)18-13/h10-11H,3-9H2,1-2H3,(H3,15,16,17,18). The number of nitrogen functional groups attached to an aromatic ring is 1. The summed E-state index contributed by atoms with van der Waals surface area (Å²) in [6.07, 6.45) is 6.26. The zero-order valence-electron chi connectivity index (χ0n) is 12.0. The van der Waals surface area contributed by atoms with Gasteiger partial charge in [0.2, 0.25) is 5.95 Å². The zero-order valence-corrected chi connectivity index (χ0v) is 12.0. The molecule has 5 nitrogen and oxygen atoms in total. The van der Waals surface area contributed by atoms with E-state index in [1.807, 2.05) is 6.07 Å². The summed E-state index contributed by atoms with van der Waals surface area (Å²) in [7, 11) is 0. The smallest absolute Gasteiger partial charge is 0.223 e. The number of nitrogens with one attached hydrogen (secondary N) is 1. The molecule has 0 bridgehead atoms. The molecule has 1 saturated heterocycles. The van der Waals surface area contributed by atoms with Gasteiger partial charge in [-0.15, -0.1) is 0 Å². The lowest BCUT2D eigenvalue weighted by Crippen LogP contribution is -2.35. The highest BCUT2D eigenvalue weighted by Gasteiger charge is 2.21. The van der Waals surface area contributed by atoms with Crippen LogP contribution in [0.3, 0.4) is 0 Å². The third kappa shape index (κ3) is 3.49. The van der Waals surface area contributed by atoms with Crippen LogP contribution in [0.15, 0.2) is 6.07 Å². The Bertz CT molecular complexity index is 407. The third-order valence-corrected chi connectivity index (χ3v) is 3.73. The Hall–Kier alpha value is -1.52. The Morgan fingerprint density at radius 3 is 2.89 bits per heavy atom. The molecule has 0 aromatic carbocycles. The Labute approximate surface area is 115 Å².